The van der Waals surface area contributed by atoms with Crippen LogP contribution in [0.2, 0.25) is 0 Å². The van der Waals surface area contributed by atoms with Gasteiger partial charge in [0, 0.05) is 6.54 Å². The van der Waals surface area contributed by atoms with Gasteiger partial charge in [-0.25, -0.2) is 9.97 Å². The first-order valence-corrected chi connectivity index (χ1v) is 8.63. The molecule has 0 saturated heterocycles. The zero-order chi connectivity index (χ0) is 20.4. The molecule has 0 unspecified atom stereocenters. The molecule has 0 aliphatic heterocycles. The number of nitrogens with two attached hydrogens (primary N) is 2. The van der Waals surface area contributed by atoms with E-state index >= 15 is 0 Å². The van der Waals surface area contributed by atoms with E-state index in [0.29, 0.717) is 17.8 Å². The van der Waals surface area contributed by atoms with Crippen molar-refractivity contribution in [2.45, 2.75) is 6.54 Å². The first-order chi connectivity index (χ1) is 14.0. The lowest BCUT2D eigenvalue weighted by Gasteiger charge is -2.08. The van der Waals surface area contributed by atoms with E-state index in [2.05, 4.69) is 25.3 Å². The number of fused-ring (bicyclic) bond motifs is 1. The lowest BCUT2D eigenvalue weighted by molar-refractivity contribution is 0.0984. The number of primary amides is 2. The van der Waals surface area contributed by atoms with Crippen LogP contribution in [0.3, 0.4) is 0 Å². The summed E-state index contributed by atoms with van der Waals surface area (Å²) in [6.07, 6.45) is 1.44. The highest BCUT2D eigenvalue weighted by molar-refractivity contribution is 5.93. The van der Waals surface area contributed by atoms with Crippen LogP contribution in [0.1, 0.15) is 26.7 Å². The summed E-state index contributed by atoms with van der Waals surface area (Å²) in [5, 5.41) is 3.06. The highest BCUT2D eigenvalue weighted by Gasteiger charge is 2.18. The molecular formula is C19H16N8O2. The van der Waals surface area contributed by atoms with E-state index in [4.69, 9.17) is 11.5 Å². The summed E-state index contributed by atoms with van der Waals surface area (Å²) in [4.78, 5) is 40.2. The van der Waals surface area contributed by atoms with E-state index in [1.54, 1.807) is 18.2 Å². The first-order valence-electron chi connectivity index (χ1n) is 8.63. The second-order valence-corrected chi connectivity index (χ2v) is 6.13. The maximum absolute atomic E-state index is 11.7. The Balaban J connectivity index is 1.76. The SMILES string of the molecule is NC(=O)c1nc(NCc2ccccc2)nc(-c2ncn3c(C(N)=O)cccc23)n1. The van der Waals surface area contributed by atoms with Gasteiger partial charge in [-0.05, 0) is 17.7 Å². The lowest BCUT2D eigenvalue weighted by atomic mass is 10.2. The average Bonchev–Trinajstić information content (AvgIpc) is 3.17. The average molecular weight is 388 g/mol. The molecule has 4 rings (SSSR count). The number of pyridine rings is 1. The molecule has 0 atom stereocenters. The van der Waals surface area contributed by atoms with Crippen molar-refractivity contribution in [1.82, 2.24) is 24.3 Å². The zero-order valence-corrected chi connectivity index (χ0v) is 15.1. The second kappa shape index (κ2) is 7.35. The molecule has 5 N–H and O–H groups in total. The molecule has 0 spiro atoms. The van der Waals surface area contributed by atoms with E-state index in [9.17, 15) is 9.59 Å². The number of amides is 2. The molecule has 1 aromatic carbocycles. The second-order valence-electron chi connectivity index (χ2n) is 6.13. The molecule has 0 saturated carbocycles. The van der Waals surface area contributed by atoms with Crippen LogP contribution in [0.25, 0.3) is 17.0 Å². The molecule has 3 aromatic heterocycles. The highest BCUT2D eigenvalue weighted by atomic mass is 16.1. The van der Waals surface area contributed by atoms with Gasteiger partial charge in [0.25, 0.3) is 11.8 Å². The van der Waals surface area contributed by atoms with Crippen LogP contribution in [0.15, 0.2) is 54.9 Å². The normalized spacial score (nSPS) is 10.8. The monoisotopic (exact) mass is 388 g/mol. The number of imidazole rings is 1. The zero-order valence-electron chi connectivity index (χ0n) is 15.1. The fourth-order valence-corrected chi connectivity index (χ4v) is 2.84. The number of nitrogens with zero attached hydrogens (tertiary/aromatic N) is 5. The Morgan fingerprint density at radius 1 is 0.931 bits per heavy atom. The first kappa shape index (κ1) is 18.0. The number of nitrogens with one attached hydrogen (secondary N) is 1. The number of benzene rings is 1. The van der Waals surface area contributed by atoms with Crippen LogP contribution in [0, 0.1) is 0 Å². The van der Waals surface area contributed by atoms with Gasteiger partial charge in [0.2, 0.25) is 11.8 Å². The third-order valence-electron chi connectivity index (χ3n) is 4.19. The van der Waals surface area contributed by atoms with Gasteiger partial charge in [-0.3, -0.25) is 14.0 Å². The van der Waals surface area contributed by atoms with Crippen molar-refractivity contribution in [2.24, 2.45) is 11.5 Å². The van der Waals surface area contributed by atoms with Crippen molar-refractivity contribution in [3.05, 3.63) is 71.9 Å². The Hall–Kier alpha value is -4.34. The summed E-state index contributed by atoms with van der Waals surface area (Å²) in [6, 6.07) is 14.6. The number of aromatic nitrogens is 5. The number of carbonyl (C=O) groups is 2. The summed E-state index contributed by atoms with van der Waals surface area (Å²) < 4.78 is 1.53. The van der Waals surface area contributed by atoms with Gasteiger partial charge in [0.05, 0.1) is 5.52 Å². The van der Waals surface area contributed by atoms with Crippen LogP contribution >= 0.6 is 0 Å². The molecule has 144 valence electrons. The van der Waals surface area contributed by atoms with E-state index in [1.807, 2.05) is 30.3 Å². The maximum atomic E-state index is 11.7. The molecule has 0 fully saturated rings. The van der Waals surface area contributed by atoms with Crippen molar-refractivity contribution in [1.29, 1.82) is 0 Å². The molecule has 4 aromatic rings. The van der Waals surface area contributed by atoms with E-state index in [1.165, 1.54) is 10.7 Å². The molecular weight excluding hydrogens is 372 g/mol. The minimum absolute atomic E-state index is 0.147. The van der Waals surface area contributed by atoms with Gasteiger partial charge in [-0.1, -0.05) is 36.4 Å². The predicted octanol–water partition coefficient (Wildman–Crippen LogP) is 0.996. The maximum Gasteiger partial charge on any atom is 0.286 e. The van der Waals surface area contributed by atoms with E-state index in [0.717, 1.165) is 5.56 Å². The quantitative estimate of drug-likeness (QED) is 0.445. The smallest absolute Gasteiger partial charge is 0.286 e. The minimum atomic E-state index is -0.794. The summed E-state index contributed by atoms with van der Waals surface area (Å²) in [7, 11) is 0. The summed E-state index contributed by atoms with van der Waals surface area (Å²) >= 11 is 0. The van der Waals surface area contributed by atoms with Crippen LogP contribution in [0.4, 0.5) is 5.95 Å². The molecule has 0 radical (unpaired) electrons. The van der Waals surface area contributed by atoms with Gasteiger partial charge >= 0.3 is 0 Å². The van der Waals surface area contributed by atoms with Crippen molar-refractivity contribution in [3.63, 3.8) is 0 Å². The Morgan fingerprint density at radius 2 is 1.72 bits per heavy atom. The number of hydrogen-bond donors (Lipinski definition) is 3. The molecule has 0 aliphatic rings. The standard InChI is InChI=1S/C19H16N8O2/c20-15(28)13-8-4-7-12-14(23-10-27(12)13)17-24-18(16(21)29)26-19(25-17)22-9-11-5-2-1-3-6-11/h1-8,10H,9H2,(H2,20,28)(H2,21,29)(H,22,24,25,26). The van der Waals surface area contributed by atoms with Crippen LogP contribution < -0.4 is 16.8 Å². The summed E-state index contributed by atoms with van der Waals surface area (Å²) in [5.41, 5.74) is 13.0. The highest BCUT2D eigenvalue weighted by Crippen LogP contribution is 2.22. The Morgan fingerprint density at radius 3 is 2.45 bits per heavy atom. The number of anilines is 1. The third kappa shape index (κ3) is 3.58. The Bertz CT molecular complexity index is 1220. The largest absolute Gasteiger partial charge is 0.364 e. The van der Waals surface area contributed by atoms with E-state index < -0.39 is 11.8 Å². The minimum Gasteiger partial charge on any atom is -0.364 e. The Labute approximate surface area is 164 Å². The van der Waals surface area contributed by atoms with Crippen LogP contribution in [-0.2, 0) is 6.54 Å². The van der Waals surface area contributed by atoms with Gasteiger partial charge in [0.1, 0.15) is 17.7 Å². The molecule has 0 bridgehead atoms. The van der Waals surface area contributed by atoms with Crippen molar-refractivity contribution in [3.8, 4) is 11.5 Å². The summed E-state index contributed by atoms with van der Waals surface area (Å²) in [5.74, 6) is -1.26. The van der Waals surface area contributed by atoms with Crippen molar-refractivity contribution in [2.75, 3.05) is 5.32 Å². The van der Waals surface area contributed by atoms with Gasteiger partial charge in [0.15, 0.2) is 5.82 Å². The van der Waals surface area contributed by atoms with Crippen LogP contribution in [-0.4, -0.2) is 36.2 Å². The van der Waals surface area contributed by atoms with Crippen molar-refractivity contribution >= 4 is 23.3 Å². The fourth-order valence-electron chi connectivity index (χ4n) is 2.84. The predicted molar refractivity (Wildman–Crippen MR) is 105 cm³/mol. The topological polar surface area (TPSA) is 154 Å². The van der Waals surface area contributed by atoms with Gasteiger partial charge < -0.3 is 16.8 Å². The molecule has 10 heteroatoms. The molecule has 3 heterocycles. The third-order valence-corrected chi connectivity index (χ3v) is 4.19. The van der Waals surface area contributed by atoms with Gasteiger partial charge in [-0.2, -0.15) is 9.97 Å². The van der Waals surface area contributed by atoms with E-state index in [-0.39, 0.29) is 23.3 Å². The Kier molecular flexibility index (Phi) is 4.57. The van der Waals surface area contributed by atoms with Crippen molar-refractivity contribution < 1.29 is 9.59 Å². The molecule has 10 nitrogen and oxygen atoms in total. The van der Waals surface area contributed by atoms with Crippen LogP contribution in [0.5, 0.6) is 0 Å². The summed E-state index contributed by atoms with van der Waals surface area (Å²) in [6.45, 7) is 0.443. The fraction of sp³-hybridized carbons (Fsp3) is 0.0526. The number of rotatable bonds is 6. The molecule has 2 amide bonds. The lowest BCUT2D eigenvalue weighted by Crippen LogP contribution is -2.18. The molecule has 0 aliphatic carbocycles. The molecule has 29 heavy (non-hydrogen) atoms. The number of hydrogen-bond acceptors (Lipinski definition) is 7. The van der Waals surface area contributed by atoms with Gasteiger partial charge in [-0.15, -0.1) is 0 Å². The number of carbonyl (C=O) groups excluding carboxylic acids is 2.